The van der Waals surface area contributed by atoms with Crippen molar-refractivity contribution in [1.82, 2.24) is 10.6 Å². The predicted molar refractivity (Wildman–Crippen MR) is 54.5 cm³/mol. The highest BCUT2D eigenvalue weighted by Gasteiger charge is 2.41. The second-order valence-corrected chi connectivity index (χ2v) is 5.58. The lowest BCUT2D eigenvalue weighted by molar-refractivity contribution is 0.383. The van der Waals surface area contributed by atoms with Crippen molar-refractivity contribution < 1.29 is 0 Å². The van der Waals surface area contributed by atoms with Gasteiger partial charge in [-0.3, -0.25) is 5.32 Å². The zero-order chi connectivity index (χ0) is 8.60. The summed E-state index contributed by atoms with van der Waals surface area (Å²) < 4.78 is 0. The zero-order valence-corrected chi connectivity index (χ0v) is 8.71. The van der Waals surface area contributed by atoms with Crippen molar-refractivity contribution in [3.05, 3.63) is 0 Å². The Labute approximate surface area is 78.9 Å². The van der Waals surface area contributed by atoms with Gasteiger partial charge in [0.25, 0.3) is 0 Å². The molecule has 0 radical (unpaired) electrons. The molecule has 12 heavy (non-hydrogen) atoms. The second kappa shape index (κ2) is 3.20. The van der Waals surface area contributed by atoms with E-state index in [-0.39, 0.29) is 0 Å². The first-order valence-electron chi connectivity index (χ1n) is 4.86. The van der Waals surface area contributed by atoms with Gasteiger partial charge in [0, 0.05) is 17.8 Å². The third-order valence-corrected chi connectivity index (χ3v) is 4.56. The first-order valence-corrected chi connectivity index (χ1v) is 5.84. The Bertz CT molecular complexity index is 168. The Hall–Kier alpha value is 0.270. The molecule has 0 aromatic carbocycles. The molecule has 2 fully saturated rings. The summed E-state index contributed by atoms with van der Waals surface area (Å²) in [7, 11) is 0. The lowest BCUT2D eigenvalue weighted by atomic mass is 10.1. The van der Waals surface area contributed by atoms with Gasteiger partial charge in [-0.1, -0.05) is 0 Å². The van der Waals surface area contributed by atoms with Gasteiger partial charge in [-0.25, -0.2) is 0 Å². The summed E-state index contributed by atoms with van der Waals surface area (Å²) in [6.07, 6.45) is 2.68. The molecule has 3 heteroatoms. The van der Waals surface area contributed by atoms with Crippen molar-refractivity contribution in [2.45, 2.75) is 43.6 Å². The normalized spacial score (nSPS) is 48.5. The van der Waals surface area contributed by atoms with E-state index in [0.717, 1.165) is 0 Å². The third-order valence-electron chi connectivity index (χ3n) is 2.89. The molecular formula is C9H18N2S. The highest BCUT2D eigenvalue weighted by molar-refractivity contribution is 8.00. The van der Waals surface area contributed by atoms with Crippen LogP contribution >= 0.6 is 11.8 Å². The zero-order valence-electron chi connectivity index (χ0n) is 7.89. The standard InChI is InChI=1S/C9H18N2S/c1-7-6-12-9(2,11-7)8-4-3-5-10-8/h7-8,10-11H,3-6H2,1-2H3. The molecule has 2 aliphatic heterocycles. The molecule has 3 unspecified atom stereocenters. The van der Waals surface area contributed by atoms with Crippen LogP contribution in [0.5, 0.6) is 0 Å². The van der Waals surface area contributed by atoms with Gasteiger partial charge in [-0.05, 0) is 33.2 Å². The Morgan fingerprint density at radius 2 is 2.33 bits per heavy atom. The predicted octanol–water partition coefficient (Wildman–Crippen LogP) is 1.18. The Kier molecular flexibility index (Phi) is 2.36. The van der Waals surface area contributed by atoms with E-state index in [1.165, 1.54) is 25.1 Å². The lowest BCUT2D eigenvalue weighted by Crippen LogP contribution is -2.51. The molecular weight excluding hydrogens is 168 g/mol. The molecule has 0 bridgehead atoms. The minimum atomic E-state index is 0.302. The smallest absolute Gasteiger partial charge is 0.0774 e. The summed E-state index contributed by atoms with van der Waals surface area (Å²) in [6.45, 7) is 5.81. The van der Waals surface area contributed by atoms with E-state index in [0.29, 0.717) is 17.0 Å². The van der Waals surface area contributed by atoms with E-state index >= 15 is 0 Å². The topological polar surface area (TPSA) is 24.1 Å². The quantitative estimate of drug-likeness (QED) is 0.643. The van der Waals surface area contributed by atoms with Crippen molar-refractivity contribution in [3.63, 3.8) is 0 Å². The number of hydrogen-bond donors (Lipinski definition) is 2. The maximum atomic E-state index is 3.67. The molecule has 2 nitrogen and oxygen atoms in total. The van der Waals surface area contributed by atoms with Crippen molar-refractivity contribution in [1.29, 1.82) is 0 Å². The fourth-order valence-corrected chi connectivity index (χ4v) is 3.59. The molecule has 2 rings (SSSR count). The third kappa shape index (κ3) is 1.50. The largest absolute Gasteiger partial charge is 0.311 e. The maximum Gasteiger partial charge on any atom is 0.0774 e. The monoisotopic (exact) mass is 186 g/mol. The molecule has 0 aromatic heterocycles. The lowest BCUT2D eigenvalue weighted by Gasteiger charge is -2.31. The minimum absolute atomic E-state index is 0.302. The van der Waals surface area contributed by atoms with Crippen LogP contribution in [0.1, 0.15) is 26.7 Å². The summed E-state index contributed by atoms with van der Waals surface area (Å²) in [6, 6.07) is 1.37. The van der Waals surface area contributed by atoms with Crippen LogP contribution in [-0.4, -0.2) is 29.3 Å². The van der Waals surface area contributed by atoms with Crippen LogP contribution in [0.25, 0.3) is 0 Å². The number of hydrogen-bond acceptors (Lipinski definition) is 3. The first-order chi connectivity index (χ1) is 5.71. The number of thioether (sulfide) groups is 1. The number of rotatable bonds is 1. The maximum absolute atomic E-state index is 3.67. The summed E-state index contributed by atoms with van der Waals surface area (Å²) >= 11 is 2.08. The van der Waals surface area contributed by atoms with E-state index in [1.54, 1.807) is 0 Å². The van der Waals surface area contributed by atoms with Crippen LogP contribution in [0.3, 0.4) is 0 Å². The van der Waals surface area contributed by atoms with Crippen LogP contribution in [0.15, 0.2) is 0 Å². The molecule has 0 aliphatic carbocycles. The van der Waals surface area contributed by atoms with Crippen molar-refractivity contribution in [2.24, 2.45) is 0 Å². The van der Waals surface area contributed by atoms with E-state index < -0.39 is 0 Å². The highest BCUT2D eigenvalue weighted by Crippen LogP contribution is 2.35. The molecule has 0 amide bonds. The summed E-state index contributed by atoms with van der Waals surface area (Å²) in [5, 5.41) is 7.25. The van der Waals surface area contributed by atoms with Crippen molar-refractivity contribution in [2.75, 3.05) is 12.3 Å². The minimum Gasteiger partial charge on any atom is -0.311 e. The van der Waals surface area contributed by atoms with Gasteiger partial charge in [0.1, 0.15) is 0 Å². The van der Waals surface area contributed by atoms with Crippen LogP contribution in [0, 0.1) is 0 Å². The molecule has 0 saturated carbocycles. The van der Waals surface area contributed by atoms with Gasteiger partial charge in [0.2, 0.25) is 0 Å². The van der Waals surface area contributed by atoms with Gasteiger partial charge >= 0.3 is 0 Å². The van der Waals surface area contributed by atoms with E-state index in [4.69, 9.17) is 0 Å². The highest BCUT2D eigenvalue weighted by atomic mass is 32.2. The first kappa shape index (κ1) is 8.85. The van der Waals surface area contributed by atoms with Crippen molar-refractivity contribution in [3.8, 4) is 0 Å². The van der Waals surface area contributed by atoms with E-state index in [2.05, 4.69) is 36.2 Å². The van der Waals surface area contributed by atoms with E-state index in [9.17, 15) is 0 Å². The van der Waals surface area contributed by atoms with Crippen molar-refractivity contribution >= 4 is 11.8 Å². The SMILES string of the molecule is CC1CSC(C)(C2CCCN2)N1. The molecule has 0 aromatic rings. The average molecular weight is 186 g/mol. The Morgan fingerprint density at radius 3 is 2.83 bits per heavy atom. The fourth-order valence-electron chi connectivity index (χ4n) is 2.23. The van der Waals surface area contributed by atoms with Gasteiger partial charge in [-0.2, -0.15) is 0 Å². The molecule has 70 valence electrons. The summed E-state index contributed by atoms with van der Waals surface area (Å²) in [5.74, 6) is 1.26. The average Bonchev–Trinajstić information content (AvgIpc) is 2.59. The molecule has 2 N–H and O–H groups in total. The van der Waals surface area contributed by atoms with Gasteiger partial charge in [0.05, 0.1) is 4.87 Å². The second-order valence-electron chi connectivity index (χ2n) is 4.11. The van der Waals surface area contributed by atoms with Crippen LogP contribution in [-0.2, 0) is 0 Å². The van der Waals surface area contributed by atoms with Crippen LogP contribution in [0.2, 0.25) is 0 Å². The van der Waals surface area contributed by atoms with Crippen LogP contribution < -0.4 is 10.6 Å². The molecule has 2 aliphatic rings. The molecule has 2 saturated heterocycles. The fraction of sp³-hybridized carbons (Fsp3) is 1.00. The Morgan fingerprint density at radius 1 is 1.50 bits per heavy atom. The Balaban J connectivity index is 2.00. The molecule has 2 heterocycles. The van der Waals surface area contributed by atoms with Crippen LogP contribution in [0.4, 0.5) is 0 Å². The molecule has 0 spiro atoms. The van der Waals surface area contributed by atoms with E-state index in [1.807, 2.05) is 0 Å². The van der Waals surface area contributed by atoms with Gasteiger partial charge in [-0.15, -0.1) is 11.8 Å². The summed E-state index contributed by atoms with van der Waals surface area (Å²) in [5.41, 5.74) is 0. The van der Waals surface area contributed by atoms with Gasteiger partial charge in [0.15, 0.2) is 0 Å². The summed E-state index contributed by atoms with van der Waals surface area (Å²) in [4.78, 5) is 0.302. The molecule has 3 atom stereocenters. The van der Waals surface area contributed by atoms with Gasteiger partial charge < -0.3 is 5.32 Å². The number of nitrogens with one attached hydrogen (secondary N) is 2.